The van der Waals surface area contributed by atoms with E-state index in [1.807, 2.05) is 18.9 Å². The standard InChI is InChI=1S/C12H24N2O/c1-10(13)9-12(15)14(2)8-7-11-5-3-4-6-11/h10-11H,3-9,13H2,1-2H3. The molecule has 0 aliphatic heterocycles. The molecular formula is C12H24N2O. The van der Waals surface area contributed by atoms with Crippen molar-refractivity contribution in [2.45, 2.75) is 51.5 Å². The molecule has 1 aliphatic rings. The molecule has 0 bridgehead atoms. The van der Waals surface area contributed by atoms with Gasteiger partial charge < -0.3 is 10.6 Å². The Kier molecular flexibility index (Phi) is 5.09. The Morgan fingerprint density at radius 1 is 1.47 bits per heavy atom. The van der Waals surface area contributed by atoms with Crippen molar-refractivity contribution in [1.29, 1.82) is 0 Å². The highest BCUT2D eigenvalue weighted by atomic mass is 16.2. The third-order valence-electron chi connectivity index (χ3n) is 3.27. The van der Waals surface area contributed by atoms with Crippen LogP contribution < -0.4 is 5.73 Å². The van der Waals surface area contributed by atoms with Gasteiger partial charge in [0.15, 0.2) is 0 Å². The Morgan fingerprint density at radius 2 is 2.07 bits per heavy atom. The van der Waals surface area contributed by atoms with Crippen molar-refractivity contribution in [1.82, 2.24) is 4.90 Å². The number of nitrogens with two attached hydrogens (primary N) is 1. The lowest BCUT2D eigenvalue weighted by molar-refractivity contribution is -0.130. The molecule has 0 aromatic carbocycles. The first-order chi connectivity index (χ1) is 7.09. The van der Waals surface area contributed by atoms with Gasteiger partial charge in [0, 0.05) is 26.1 Å². The highest BCUT2D eigenvalue weighted by molar-refractivity contribution is 5.76. The van der Waals surface area contributed by atoms with Gasteiger partial charge in [0.05, 0.1) is 0 Å². The molecule has 1 amide bonds. The highest BCUT2D eigenvalue weighted by Crippen LogP contribution is 2.27. The topological polar surface area (TPSA) is 46.3 Å². The van der Waals surface area contributed by atoms with E-state index in [4.69, 9.17) is 5.73 Å². The van der Waals surface area contributed by atoms with Gasteiger partial charge in [-0.05, 0) is 19.3 Å². The maximum absolute atomic E-state index is 11.6. The first kappa shape index (κ1) is 12.5. The van der Waals surface area contributed by atoms with E-state index in [1.165, 1.54) is 32.1 Å². The molecule has 3 heteroatoms. The van der Waals surface area contributed by atoms with Crippen LogP contribution >= 0.6 is 0 Å². The summed E-state index contributed by atoms with van der Waals surface area (Å²) in [7, 11) is 1.89. The Labute approximate surface area is 93.0 Å². The molecule has 15 heavy (non-hydrogen) atoms. The number of hydrogen-bond acceptors (Lipinski definition) is 2. The second-order valence-corrected chi connectivity index (χ2v) is 4.94. The molecule has 0 aromatic rings. The number of hydrogen-bond donors (Lipinski definition) is 1. The first-order valence-electron chi connectivity index (χ1n) is 6.09. The zero-order valence-corrected chi connectivity index (χ0v) is 10.0. The summed E-state index contributed by atoms with van der Waals surface area (Å²) in [5.74, 6) is 1.04. The lowest BCUT2D eigenvalue weighted by Gasteiger charge is -2.20. The van der Waals surface area contributed by atoms with Crippen LogP contribution in [-0.4, -0.2) is 30.4 Å². The lowest BCUT2D eigenvalue weighted by atomic mass is 10.0. The van der Waals surface area contributed by atoms with Gasteiger partial charge in [-0.1, -0.05) is 25.7 Å². The van der Waals surface area contributed by atoms with Crippen LogP contribution in [0.1, 0.15) is 45.4 Å². The molecule has 1 fully saturated rings. The van der Waals surface area contributed by atoms with Crippen molar-refractivity contribution in [2.24, 2.45) is 11.7 Å². The van der Waals surface area contributed by atoms with Crippen LogP contribution in [0.3, 0.4) is 0 Å². The fourth-order valence-corrected chi connectivity index (χ4v) is 2.23. The molecule has 88 valence electrons. The smallest absolute Gasteiger partial charge is 0.223 e. The minimum Gasteiger partial charge on any atom is -0.346 e. The summed E-state index contributed by atoms with van der Waals surface area (Å²) >= 11 is 0. The van der Waals surface area contributed by atoms with Gasteiger partial charge in [-0.3, -0.25) is 4.79 Å². The summed E-state index contributed by atoms with van der Waals surface area (Å²) < 4.78 is 0. The van der Waals surface area contributed by atoms with Gasteiger partial charge in [0.25, 0.3) is 0 Å². The minimum atomic E-state index is -0.0218. The summed E-state index contributed by atoms with van der Waals surface area (Å²) in [5.41, 5.74) is 5.60. The van der Waals surface area contributed by atoms with Crippen molar-refractivity contribution in [3.63, 3.8) is 0 Å². The molecule has 1 unspecified atom stereocenters. The predicted molar refractivity (Wildman–Crippen MR) is 62.5 cm³/mol. The van der Waals surface area contributed by atoms with Crippen LogP contribution in [0.2, 0.25) is 0 Å². The summed E-state index contributed by atoms with van der Waals surface area (Å²) in [5, 5.41) is 0. The zero-order chi connectivity index (χ0) is 11.3. The molecule has 0 saturated heterocycles. The molecule has 2 N–H and O–H groups in total. The Hall–Kier alpha value is -0.570. The van der Waals surface area contributed by atoms with E-state index in [9.17, 15) is 4.79 Å². The number of carbonyl (C=O) groups excluding carboxylic acids is 1. The summed E-state index contributed by atoms with van der Waals surface area (Å²) in [6, 6.07) is -0.0218. The quantitative estimate of drug-likeness (QED) is 0.755. The number of rotatable bonds is 5. The van der Waals surface area contributed by atoms with E-state index in [-0.39, 0.29) is 11.9 Å². The normalized spacial score (nSPS) is 19.1. The van der Waals surface area contributed by atoms with E-state index in [2.05, 4.69) is 0 Å². The summed E-state index contributed by atoms with van der Waals surface area (Å²) in [4.78, 5) is 13.4. The fraction of sp³-hybridized carbons (Fsp3) is 0.917. The highest BCUT2D eigenvalue weighted by Gasteiger charge is 2.17. The fourth-order valence-electron chi connectivity index (χ4n) is 2.23. The van der Waals surface area contributed by atoms with E-state index < -0.39 is 0 Å². The van der Waals surface area contributed by atoms with Gasteiger partial charge in [-0.2, -0.15) is 0 Å². The molecule has 1 atom stereocenters. The third-order valence-corrected chi connectivity index (χ3v) is 3.27. The SMILES string of the molecule is CC(N)CC(=O)N(C)CCC1CCCC1. The largest absolute Gasteiger partial charge is 0.346 e. The maximum Gasteiger partial charge on any atom is 0.223 e. The molecule has 0 aromatic heterocycles. The molecule has 0 radical (unpaired) electrons. The Bertz CT molecular complexity index is 198. The van der Waals surface area contributed by atoms with Crippen LogP contribution in [0.4, 0.5) is 0 Å². The van der Waals surface area contributed by atoms with Gasteiger partial charge >= 0.3 is 0 Å². The Morgan fingerprint density at radius 3 is 2.60 bits per heavy atom. The van der Waals surface area contributed by atoms with Crippen molar-refractivity contribution in [3.8, 4) is 0 Å². The average molecular weight is 212 g/mol. The number of carbonyl (C=O) groups is 1. The Balaban J connectivity index is 2.16. The molecule has 1 rings (SSSR count). The van der Waals surface area contributed by atoms with Gasteiger partial charge in [-0.15, -0.1) is 0 Å². The van der Waals surface area contributed by atoms with Crippen molar-refractivity contribution >= 4 is 5.91 Å². The second kappa shape index (κ2) is 6.11. The molecular weight excluding hydrogens is 188 g/mol. The third kappa shape index (κ3) is 4.65. The van der Waals surface area contributed by atoms with Crippen LogP contribution in [0.5, 0.6) is 0 Å². The van der Waals surface area contributed by atoms with Crippen LogP contribution in [-0.2, 0) is 4.79 Å². The second-order valence-electron chi connectivity index (χ2n) is 4.94. The van der Waals surface area contributed by atoms with Crippen LogP contribution in [0, 0.1) is 5.92 Å². The lowest BCUT2D eigenvalue weighted by Crippen LogP contribution is -2.33. The van der Waals surface area contributed by atoms with E-state index in [1.54, 1.807) is 0 Å². The van der Waals surface area contributed by atoms with Crippen molar-refractivity contribution in [2.75, 3.05) is 13.6 Å². The number of nitrogens with zero attached hydrogens (tertiary/aromatic N) is 1. The van der Waals surface area contributed by atoms with E-state index in [0.717, 1.165) is 12.5 Å². The van der Waals surface area contributed by atoms with Gasteiger partial charge in [0.2, 0.25) is 5.91 Å². The van der Waals surface area contributed by atoms with E-state index >= 15 is 0 Å². The van der Waals surface area contributed by atoms with Crippen LogP contribution in [0.15, 0.2) is 0 Å². The van der Waals surface area contributed by atoms with Crippen LogP contribution in [0.25, 0.3) is 0 Å². The summed E-state index contributed by atoms with van der Waals surface area (Å²) in [6.07, 6.45) is 7.11. The van der Waals surface area contributed by atoms with Crippen molar-refractivity contribution < 1.29 is 4.79 Å². The van der Waals surface area contributed by atoms with Gasteiger partial charge in [0.1, 0.15) is 0 Å². The molecule has 0 spiro atoms. The first-order valence-corrected chi connectivity index (χ1v) is 6.09. The van der Waals surface area contributed by atoms with Gasteiger partial charge in [-0.25, -0.2) is 0 Å². The molecule has 1 saturated carbocycles. The predicted octanol–water partition coefficient (Wildman–Crippen LogP) is 1.76. The molecule has 0 heterocycles. The monoisotopic (exact) mass is 212 g/mol. The number of amides is 1. The minimum absolute atomic E-state index is 0.0218. The maximum atomic E-state index is 11.6. The zero-order valence-electron chi connectivity index (χ0n) is 10.0. The summed E-state index contributed by atoms with van der Waals surface area (Å²) in [6.45, 7) is 2.78. The average Bonchev–Trinajstić information content (AvgIpc) is 2.65. The molecule has 1 aliphatic carbocycles. The van der Waals surface area contributed by atoms with E-state index in [0.29, 0.717) is 6.42 Å². The molecule has 3 nitrogen and oxygen atoms in total. The van der Waals surface area contributed by atoms with Crippen molar-refractivity contribution in [3.05, 3.63) is 0 Å².